The van der Waals surface area contributed by atoms with E-state index in [0.29, 0.717) is 24.6 Å². The molecule has 0 amide bonds. The smallest absolute Gasteiger partial charge is 0.207 e. The molecule has 3 N–H and O–H groups in total. The number of nitrogens with one attached hydrogen (secondary N) is 1. The number of rotatable bonds is 3. The molecule has 0 fully saturated rings. The Labute approximate surface area is 80.3 Å². The average Bonchev–Trinajstić information content (AvgIpc) is 2.58. The van der Waals surface area contributed by atoms with Crippen molar-refractivity contribution in [2.45, 2.75) is 0 Å². The summed E-state index contributed by atoms with van der Waals surface area (Å²) in [5, 5.41) is 10.8. The van der Waals surface area contributed by atoms with Gasteiger partial charge in [0.05, 0.1) is 0 Å². The standard InChI is InChI=1S/C7H11N7/c1-14-5-6(9-3-2-8)10-4-11-7(5)12-13-14/h4H,2-3,8H2,1H3,(H,9,10,11). The van der Waals surface area contributed by atoms with Gasteiger partial charge >= 0.3 is 0 Å². The van der Waals surface area contributed by atoms with Crippen LogP contribution in [-0.2, 0) is 7.05 Å². The molecule has 7 heteroatoms. The van der Waals surface area contributed by atoms with Gasteiger partial charge in [0.15, 0.2) is 5.82 Å². The van der Waals surface area contributed by atoms with E-state index < -0.39 is 0 Å². The maximum absolute atomic E-state index is 5.39. The van der Waals surface area contributed by atoms with Gasteiger partial charge in [0, 0.05) is 20.1 Å². The van der Waals surface area contributed by atoms with Crippen LogP contribution in [0.2, 0.25) is 0 Å². The summed E-state index contributed by atoms with van der Waals surface area (Å²) in [4.78, 5) is 8.09. The Hall–Kier alpha value is -1.76. The number of aromatic nitrogens is 5. The van der Waals surface area contributed by atoms with E-state index in [-0.39, 0.29) is 0 Å². The Bertz CT molecular complexity index is 435. The second-order valence-corrected chi connectivity index (χ2v) is 2.82. The summed E-state index contributed by atoms with van der Waals surface area (Å²) in [5.41, 5.74) is 6.77. The number of nitrogens with two attached hydrogens (primary N) is 1. The van der Waals surface area contributed by atoms with Gasteiger partial charge in [0.25, 0.3) is 0 Å². The van der Waals surface area contributed by atoms with Crippen molar-refractivity contribution in [2.75, 3.05) is 18.4 Å². The van der Waals surface area contributed by atoms with Gasteiger partial charge in [-0.3, -0.25) is 0 Å². The molecule has 2 aromatic heterocycles. The van der Waals surface area contributed by atoms with Crippen molar-refractivity contribution >= 4 is 17.0 Å². The minimum absolute atomic E-state index is 0.552. The third-order valence-corrected chi connectivity index (χ3v) is 1.84. The molecule has 0 aliphatic carbocycles. The van der Waals surface area contributed by atoms with Crippen molar-refractivity contribution in [1.29, 1.82) is 0 Å². The van der Waals surface area contributed by atoms with Crippen LogP contribution >= 0.6 is 0 Å². The lowest BCUT2D eigenvalue weighted by Crippen LogP contribution is -2.14. The number of fused-ring (bicyclic) bond motifs is 1. The largest absolute Gasteiger partial charge is 0.367 e. The topological polar surface area (TPSA) is 94.5 Å². The van der Waals surface area contributed by atoms with Crippen molar-refractivity contribution in [3.8, 4) is 0 Å². The number of nitrogens with zero attached hydrogens (tertiary/aromatic N) is 5. The molecule has 0 unspecified atom stereocenters. The molecule has 74 valence electrons. The summed E-state index contributed by atoms with van der Waals surface area (Å²) < 4.78 is 1.63. The number of hydrogen-bond acceptors (Lipinski definition) is 6. The van der Waals surface area contributed by atoms with Gasteiger partial charge in [-0.1, -0.05) is 5.21 Å². The zero-order chi connectivity index (χ0) is 9.97. The van der Waals surface area contributed by atoms with Crippen molar-refractivity contribution < 1.29 is 0 Å². The maximum Gasteiger partial charge on any atom is 0.207 e. The quantitative estimate of drug-likeness (QED) is 0.658. The molecule has 2 aromatic rings. The van der Waals surface area contributed by atoms with E-state index in [9.17, 15) is 0 Å². The molecule has 2 heterocycles. The summed E-state index contributed by atoms with van der Waals surface area (Å²) in [5.74, 6) is 0.716. The lowest BCUT2D eigenvalue weighted by Gasteiger charge is -2.03. The minimum Gasteiger partial charge on any atom is -0.367 e. The van der Waals surface area contributed by atoms with Crippen LogP contribution in [-0.4, -0.2) is 38.1 Å². The van der Waals surface area contributed by atoms with Gasteiger partial charge in [-0.05, 0) is 0 Å². The molecule has 0 saturated heterocycles. The van der Waals surface area contributed by atoms with Crippen LogP contribution in [0.4, 0.5) is 5.82 Å². The van der Waals surface area contributed by atoms with Gasteiger partial charge in [-0.15, -0.1) is 5.10 Å². The third-order valence-electron chi connectivity index (χ3n) is 1.84. The van der Waals surface area contributed by atoms with E-state index >= 15 is 0 Å². The second-order valence-electron chi connectivity index (χ2n) is 2.82. The van der Waals surface area contributed by atoms with E-state index in [2.05, 4.69) is 25.6 Å². The predicted molar refractivity (Wildman–Crippen MR) is 51.6 cm³/mol. The molecular formula is C7H11N7. The summed E-state index contributed by atoms with van der Waals surface area (Å²) in [6, 6.07) is 0. The van der Waals surface area contributed by atoms with E-state index in [4.69, 9.17) is 5.73 Å². The van der Waals surface area contributed by atoms with Crippen LogP contribution in [0.3, 0.4) is 0 Å². The predicted octanol–water partition coefficient (Wildman–Crippen LogP) is -0.871. The first-order chi connectivity index (χ1) is 6.83. The molecule has 0 aliphatic heterocycles. The maximum atomic E-state index is 5.39. The summed E-state index contributed by atoms with van der Waals surface area (Å²) in [6.45, 7) is 1.22. The highest BCUT2D eigenvalue weighted by molar-refractivity contribution is 5.81. The van der Waals surface area contributed by atoms with Gasteiger partial charge < -0.3 is 11.1 Å². The molecule has 0 spiro atoms. The molecule has 0 saturated carbocycles. The highest BCUT2D eigenvalue weighted by atomic mass is 15.4. The SMILES string of the molecule is Cn1nnc2ncnc(NCCN)c21. The molecule has 0 aliphatic rings. The second kappa shape index (κ2) is 3.54. The summed E-state index contributed by atoms with van der Waals surface area (Å²) in [7, 11) is 1.80. The van der Waals surface area contributed by atoms with Gasteiger partial charge in [-0.25, -0.2) is 14.6 Å². The van der Waals surface area contributed by atoms with Gasteiger partial charge in [0.1, 0.15) is 11.8 Å². The molecule has 0 radical (unpaired) electrons. The highest BCUT2D eigenvalue weighted by Gasteiger charge is 2.08. The first-order valence-corrected chi connectivity index (χ1v) is 4.27. The molecule has 0 aromatic carbocycles. The fourth-order valence-corrected chi connectivity index (χ4v) is 1.21. The van der Waals surface area contributed by atoms with Crippen LogP contribution < -0.4 is 11.1 Å². The fourth-order valence-electron chi connectivity index (χ4n) is 1.21. The van der Waals surface area contributed by atoms with Crippen molar-refractivity contribution in [1.82, 2.24) is 25.0 Å². The van der Waals surface area contributed by atoms with Crippen molar-refractivity contribution in [3.05, 3.63) is 6.33 Å². The first kappa shape index (κ1) is 8.82. The van der Waals surface area contributed by atoms with Crippen LogP contribution in [0.1, 0.15) is 0 Å². The normalized spacial score (nSPS) is 10.7. The monoisotopic (exact) mass is 193 g/mol. The number of aryl methyl sites for hydroxylation is 1. The third kappa shape index (κ3) is 1.37. The van der Waals surface area contributed by atoms with Crippen LogP contribution in [0.25, 0.3) is 11.2 Å². The van der Waals surface area contributed by atoms with Crippen LogP contribution in [0, 0.1) is 0 Å². The fraction of sp³-hybridized carbons (Fsp3) is 0.429. The zero-order valence-electron chi connectivity index (χ0n) is 7.80. The molecule has 14 heavy (non-hydrogen) atoms. The Kier molecular flexibility index (Phi) is 2.23. The molecule has 7 nitrogen and oxygen atoms in total. The molecule has 0 bridgehead atoms. The van der Waals surface area contributed by atoms with Crippen LogP contribution in [0.5, 0.6) is 0 Å². The van der Waals surface area contributed by atoms with Crippen molar-refractivity contribution in [2.24, 2.45) is 12.8 Å². The Morgan fingerprint density at radius 3 is 3.14 bits per heavy atom. The van der Waals surface area contributed by atoms with E-state index in [1.165, 1.54) is 6.33 Å². The lowest BCUT2D eigenvalue weighted by molar-refractivity contribution is 0.735. The molecular weight excluding hydrogens is 182 g/mol. The number of anilines is 1. The minimum atomic E-state index is 0.552. The van der Waals surface area contributed by atoms with Gasteiger partial charge in [0.2, 0.25) is 5.65 Å². The van der Waals surface area contributed by atoms with Crippen molar-refractivity contribution in [3.63, 3.8) is 0 Å². The van der Waals surface area contributed by atoms with Gasteiger partial charge in [-0.2, -0.15) is 0 Å². The molecule has 0 atom stereocenters. The number of hydrogen-bond donors (Lipinski definition) is 2. The zero-order valence-corrected chi connectivity index (χ0v) is 7.80. The van der Waals surface area contributed by atoms with E-state index in [1.807, 2.05) is 0 Å². The van der Waals surface area contributed by atoms with E-state index in [1.54, 1.807) is 11.7 Å². The Morgan fingerprint density at radius 1 is 1.50 bits per heavy atom. The molecule has 2 rings (SSSR count). The van der Waals surface area contributed by atoms with E-state index in [0.717, 1.165) is 5.52 Å². The Balaban J connectivity index is 2.46. The average molecular weight is 193 g/mol. The summed E-state index contributed by atoms with van der Waals surface area (Å²) in [6.07, 6.45) is 1.45. The lowest BCUT2D eigenvalue weighted by atomic mass is 10.4. The first-order valence-electron chi connectivity index (χ1n) is 4.27. The Morgan fingerprint density at radius 2 is 2.36 bits per heavy atom. The highest BCUT2D eigenvalue weighted by Crippen LogP contribution is 2.14. The summed E-state index contributed by atoms with van der Waals surface area (Å²) >= 11 is 0. The van der Waals surface area contributed by atoms with Crippen LogP contribution in [0.15, 0.2) is 6.33 Å².